The Kier molecular flexibility index (Phi) is 6.19. The van der Waals surface area contributed by atoms with Gasteiger partial charge in [-0.15, -0.1) is 11.8 Å². The van der Waals surface area contributed by atoms with Gasteiger partial charge in [-0.2, -0.15) is 5.26 Å². The van der Waals surface area contributed by atoms with Crippen molar-refractivity contribution in [1.29, 1.82) is 5.26 Å². The molecular formula is C18H17FN2OS. The maximum atomic E-state index is 12.9. The van der Waals surface area contributed by atoms with Crippen LogP contribution in [0.25, 0.3) is 0 Å². The van der Waals surface area contributed by atoms with Crippen LogP contribution in [0.5, 0.6) is 0 Å². The Morgan fingerprint density at radius 2 is 1.87 bits per heavy atom. The first-order valence-corrected chi connectivity index (χ1v) is 8.35. The van der Waals surface area contributed by atoms with E-state index in [4.69, 9.17) is 5.26 Å². The highest BCUT2D eigenvalue weighted by Gasteiger charge is 2.09. The molecule has 0 aromatic heterocycles. The van der Waals surface area contributed by atoms with Crippen molar-refractivity contribution in [3.63, 3.8) is 0 Å². The molecule has 5 heteroatoms. The molecule has 0 spiro atoms. The van der Waals surface area contributed by atoms with Crippen molar-refractivity contribution in [2.45, 2.75) is 18.7 Å². The SMILES string of the molecule is CC(NC(=O)CSCc1ccc(C#N)cc1)c1ccc(F)cc1. The fourth-order valence-electron chi connectivity index (χ4n) is 2.06. The number of nitriles is 1. The molecule has 1 unspecified atom stereocenters. The molecule has 3 nitrogen and oxygen atoms in total. The lowest BCUT2D eigenvalue weighted by Gasteiger charge is -2.14. The maximum absolute atomic E-state index is 12.9. The summed E-state index contributed by atoms with van der Waals surface area (Å²) in [5, 5.41) is 11.6. The molecule has 118 valence electrons. The van der Waals surface area contributed by atoms with Gasteiger partial charge >= 0.3 is 0 Å². The Labute approximate surface area is 139 Å². The quantitative estimate of drug-likeness (QED) is 0.877. The molecule has 0 aliphatic heterocycles. The van der Waals surface area contributed by atoms with Crippen molar-refractivity contribution in [2.24, 2.45) is 0 Å². The number of carbonyl (C=O) groups is 1. The second kappa shape index (κ2) is 8.35. The normalized spacial score (nSPS) is 11.5. The molecule has 1 amide bonds. The van der Waals surface area contributed by atoms with Crippen LogP contribution in [-0.2, 0) is 10.5 Å². The summed E-state index contributed by atoms with van der Waals surface area (Å²) in [6, 6.07) is 15.4. The van der Waals surface area contributed by atoms with Crippen LogP contribution in [0.15, 0.2) is 48.5 Å². The first kappa shape index (κ1) is 17.0. The molecular weight excluding hydrogens is 311 g/mol. The summed E-state index contributed by atoms with van der Waals surface area (Å²) in [6.07, 6.45) is 0. The van der Waals surface area contributed by atoms with Crippen LogP contribution in [-0.4, -0.2) is 11.7 Å². The highest BCUT2D eigenvalue weighted by molar-refractivity contribution is 7.99. The average molecular weight is 328 g/mol. The monoisotopic (exact) mass is 328 g/mol. The molecule has 0 radical (unpaired) electrons. The summed E-state index contributed by atoms with van der Waals surface area (Å²) in [5.74, 6) is 0.723. The molecule has 2 rings (SSSR count). The number of benzene rings is 2. The number of rotatable bonds is 6. The second-order valence-corrected chi connectivity index (χ2v) is 6.13. The molecule has 0 aliphatic rings. The van der Waals surface area contributed by atoms with Crippen LogP contribution >= 0.6 is 11.8 Å². The fourth-order valence-corrected chi connectivity index (χ4v) is 2.85. The van der Waals surface area contributed by atoms with E-state index in [1.807, 2.05) is 19.1 Å². The van der Waals surface area contributed by atoms with Crippen LogP contribution in [0, 0.1) is 17.1 Å². The van der Waals surface area contributed by atoms with Crippen molar-refractivity contribution < 1.29 is 9.18 Å². The number of hydrogen-bond donors (Lipinski definition) is 1. The molecule has 0 saturated carbocycles. The summed E-state index contributed by atoms with van der Waals surface area (Å²) in [4.78, 5) is 11.9. The van der Waals surface area contributed by atoms with E-state index in [1.165, 1.54) is 23.9 Å². The largest absolute Gasteiger partial charge is 0.349 e. The van der Waals surface area contributed by atoms with Gasteiger partial charge in [0.15, 0.2) is 0 Å². The lowest BCUT2D eigenvalue weighted by Crippen LogP contribution is -2.28. The predicted octanol–water partition coefficient (Wildman–Crippen LogP) is 3.81. The summed E-state index contributed by atoms with van der Waals surface area (Å²) in [6.45, 7) is 1.87. The third-order valence-electron chi connectivity index (χ3n) is 3.33. The Balaban J connectivity index is 1.76. The number of hydrogen-bond acceptors (Lipinski definition) is 3. The molecule has 0 aliphatic carbocycles. The van der Waals surface area contributed by atoms with Crippen LogP contribution in [0.2, 0.25) is 0 Å². The highest BCUT2D eigenvalue weighted by Crippen LogP contribution is 2.15. The first-order chi connectivity index (χ1) is 11.1. The molecule has 0 heterocycles. The summed E-state index contributed by atoms with van der Waals surface area (Å²) in [5.41, 5.74) is 2.58. The van der Waals surface area contributed by atoms with Crippen LogP contribution in [0.1, 0.15) is 29.7 Å². The molecule has 0 fully saturated rings. The highest BCUT2D eigenvalue weighted by atomic mass is 32.2. The van der Waals surface area contributed by atoms with Gasteiger partial charge in [0.2, 0.25) is 5.91 Å². The summed E-state index contributed by atoms with van der Waals surface area (Å²) >= 11 is 1.51. The zero-order chi connectivity index (χ0) is 16.7. The number of nitrogens with one attached hydrogen (secondary N) is 1. The standard InChI is InChI=1S/C18H17FN2OS/c1-13(16-6-8-17(19)9-7-16)21-18(22)12-23-11-15-4-2-14(10-20)3-5-15/h2-9,13H,11-12H2,1H3,(H,21,22). The summed E-state index contributed by atoms with van der Waals surface area (Å²) in [7, 11) is 0. The number of thioether (sulfide) groups is 1. The van der Waals surface area contributed by atoms with Crippen LogP contribution in [0.3, 0.4) is 0 Å². The Bertz CT molecular complexity index is 692. The smallest absolute Gasteiger partial charge is 0.230 e. The minimum atomic E-state index is -0.287. The molecule has 0 bridgehead atoms. The van der Waals surface area contributed by atoms with Crippen LogP contribution in [0.4, 0.5) is 4.39 Å². The second-order valence-electron chi connectivity index (χ2n) is 5.14. The van der Waals surface area contributed by atoms with E-state index < -0.39 is 0 Å². The van der Waals surface area contributed by atoms with E-state index >= 15 is 0 Å². The van der Waals surface area contributed by atoms with E-state index in [0.29, 0.717) is 17.1 Å². The molecule has 1 N–H and O–H groups in total. The van der Waals surface area contributed by atoms with Gasteiger partial charge in [0.25, 0.3) is 0 Å². The zero-order valence-electron chi connectivity index (χ0n) is 12.8. The van der Waals surface area contributed by atoms with Gasteiger partial charge in [0, 0.05) is 5.75 Å². The zero-order valence-corrected chi connectivity index (χ0v) is 13.6. The van der Waals surface area contributed by atoms with Crippen molar-refractivity contribution in [1.82, 2.24) is 5.32 Å². The van der Waals surface area contributed by atoms with E-state index in [1.54, 1.807) is 24.3 Å². The molecule has 2 aromatic carbocycles. The van der Waals surface area contributed by atoms with Gasteiger partial charge in [-0.05, 0) is 42.3 Å². The van der Waals surface area contributed by atoms with Gasteiger partial charge in [0.05, 0.1) is 23.4 Å². The van der Waals surface area contributed by atoms with Crippen molar-refractivity contribution in [3.8, 4) is 6.07 Å². The lowest BCUT2D eigenvalue weighted by atomic mass is 10.1. The fraction of sp³-hybridized carbons (Fsp3) is 0.222. The third kappa shape index (κ3) is 5.42. The number of nitrogens with zero attached hydrogens (tertiary/aromatic N) is 1. The molecule has 2 aromatic rings. The molecule has 1 atom stereocenters. The van der Waals surface area contributed by atoms with Crippen molar-refractivity contribution in [2.75, 3.05) is 5.75 Å². The van der Waals surface area contributed by atoms with Crippen molar-refractivity contribution in [3.05, 3.63) is 71.0 Å². The summed E-state index contributed by atoms with van der Waals surface area (Å²) < 4.78 is 12.9. The van der Waals surface area contributed by atoms with E-state index in [-0.39, 0.29) is 17.8 Å². The van der Waals surface area contributed by atoms with Gasteiger partial charge in [0.1, 0.15) is 5.82 Å². The van der Waals surface area contributed by atoms with Gasteiger partial charge < -0.3 is 5.32 Å². The Morgan fingerprint density at radius 1 is 1.22 bits per heavy atom. The molecule has 23 heavy (non-hydrogen) atoms. The number of halogens is 1. The third-order valence-corrected chi connectivity index (χ3v) is 4.34. The van der Waals surface area contributed by atoms with Crippen molar-refractivity contribution >= 4 is 17.7 Å². The van der Waals surface area contributed by atoms with Gasteiger partial charge in [-0.3, -0.25) is 4.79 Å². The van der Waals surface area contributed by atoms with Gasteiger partial charge in [-0.25, -0.2) is 4.39 Å². The Hall–Kier alpha value is -2.32. The van der Waals surface area contributed by atoms with E-state index in [9.17, 15) is 9.18 Å². The minimum Gasteiger partial charge on any atom is -0.349 e. The number of amides is 1. The lowest BCUT2D eigenvalue weighted by molar-refractivity contribution is -0.119. The molecule has 0 saturated heterocycles. The Morgan fingerprint density at radius 3 is 2.48 bits per heavy atom. The van der Waals surface area contributed by atoms with Crippen LogP contribution < -0.4 is 5.32 Å². The minimum absolute atomic E-state index is 0.0551. The maximum Gasteiger partial charge on any atom is 0.230 e. The van der Waals surface area contributed by atoms with E-state index in [0.717, 1.165) is 11.1 Å². The predicted molar refractivity (Wildman–Crippen MR) is 90.3 cm³/mol. The average Bonchev–Trinajstić information content (AvgIpc) is 2.56. The van der Waals surface area contributed by atoms with E-state index in [2.05, 4.69) is 11.4 Å². The topological polar surface area (TPSA) is 52.9 Å². The number of carbonyl (C=O) groups excluding carboxylic acids is 1. The first-order valence-electron chi connectivity index (χ1n) is 7.20. The van der Waals surface area contributed by atoms with Gasteiger partial charge in [-0.1, -0.05) is 24.3 Å².